The van der Waals surface area contributed by atoms with Crippen LogP contribution in [0.4, 0.5) is 8.78 Å². The molecule has 0 unspecified atom stereocenters. The zero-order chi connectivity index (χ0) is 12.6. The summed E-state index contributed by atoms with van der Waals surface area (Å²) in [5.41, 5.74) is 1.40. The molecule has 0 nitrogen and oxygen atoms in total. The summed E-state index contributed by atoms with van der Waals surface area (Å²) < 4.78 is 26.7. The third kappa shape index (κ3) is 2.39. The summed E-state index contributed by atoms with van der Waals surface area (Å²) in [6, 6.07) is 6.44. The van der Waals surface area contributed by atoms with Gasteiger partial charge < -0.3 is 0 Å². The first-order valence-corrected chi connectivity index (χ1v) is 6.31. The largest absolute Gasteiger partial charge is 0.204 e. The number of benzene rings is 1. The molecule has 0 saturated carbocycles. The maximum atomic E-state index is 13.4. The monoisotopic (exact) mass is 252 g/mol. The molecule has 2 aromatic rings. The highest BCUT2D eigenvalue weighted by molar-refractivity contribution is 7.13. The summed E-state index contributed by atoms with van der Waals surface area (Å²) in [6.07, 6.45) is 0. The predicted molar refractivity (Wildman–Crippen MR) is 68.4 cm³/mol. The lowest BCUT2D eigenvalue weighted by Crippen LogP contribution is -2.13. The molecule has 0 N–H and O–H groups in total. The smallest absolute Gasteiger partial charge is 0.159 e. The molecule has 0 aliphatic rings. The quantitative estimate of drug-likeness (QED) is 0.670. The molecular formula is C14H14F2S. The van der Waals surface area contributed by atoms with Crippen molar-refractivity contribution in [3.05, 3.63) is 46.8 Å². The van der Waals surface area contributed by atoms with Gasteiger partial charge >= 0.3 is 0 Å². The Morgan fingerprint density at radius 2 is 1.71 bits per heavy atom. The number of rotatable bonds is 1. The van der Waals surface area contributed by atoms with Crippen LogP contribution in [0.3, 0.4) is 0 Å². The van der Waals surface area contributed by atoms with Gasteiger partial charge in [-0.05, 0) is 40.1 Å². The molecule has 0 aliphatic heterocycles. The fourth-order valence-electron chi connectivity index (χ4n) is 1.80. The van der Waals surface area contributed by atoms with Crippen LogP contribution in [-0.4, -0.2) is 0 Å². The molecule has 0 bridgehead atoms. The second-order valence-corrected chi connectivity index (χ2v) is 5.99. The first-order valence-electron chi connectivity index (χ1n) is 5.43. The zero-order valence-corrected chi connectivity index (χ0v) is 10.9. The number of hydrogen-bond acceptors (Lipinski definition) is 1. The Hall–Kier alpha value is -1.22. The second-order valence-electron chi connectivity index (χ2n) is 5.04. The minimum atomic E-state index is -0.790. The molecule has 0 radical (unpaired) electrons. The Bertz CT molecular complexity index is 522. The van der Waals surface area contributed by atoms with Crippen LogP contribution in [0, 0.1) is 11.6 Å². The molecule has 0 saturated heterocycles. The fourth-order valence-corrected chi connectivity index (χ4v) is 2.56. The van der Waals surface area contributed by atoms with Crippen LogP contribution in [0.15, 0.2) is 29.6 Å². The third-order valence-electron chi connectivity index (χ3n) is 2.66. The normalized spacial score (nSPS) is 11.8. The van der Waals surface area contributed by atoms with Crippen molar-refractivity contribution in [1.82, 2.24) is 0 Å². The van der Waals surface area contributed by atoms with Crippen molar-refractivity contribution in [1.29, 1.82) is 0 Å². The minimum Gasteiger partial charge on any atom is -0.204 e. The second kappa shape index (κ2) is 4.22. The average molecular weight is 252 g/mol. The summed E-state index contributed by atoms with van der Waals surface area (Å²) >= 11 is 1.53. The lowest BCUT2D eigenvalue weighted by Gasteiger charge is -2.22. The minimum absolute atomic E-state index is 0.214. The van der Waals surface area contributed by atoms with Gasteiger partial charge in [0.25, 0.3) is 0 Å². The van der Waals surface area contributed by atoms with E-state index in [0.717, 1.165) is 16.0 Å². The summed E-state index contributed by atoms with van der Waals surface area (Å²) in [5, 5.41) is 1.93. The molecule has 0 aliphatic carbocycles. The van der Waals surface area contributed by atoms with Gasteiger partial charge in [0.15, 0.2) is 11.6 Å². The Morgan fingerprint density at radius 3 is 2.24 bits per heavy atom. The van der Waals surface area contributed by atoms with Crippen LogP contribution in [0.2, 0.25) is 0 Å². The molecule has 1 aromatic carbocycles. The molecule has 0 spiro atoms. The standard InChI is InChI=1S/C14H14F2S/c1-14(2,3)10-8-12(16)11(15)7-9(10)13-5-4-6-17-13/h4-8H,1-3H3. The predicted octanol–water partition coefficient (Wildman–Crippen LogP) is 4.99. The first-order chi connectivity index (χ1) is 7.89. The average Bonchev–Trinajstić information content (AvgIpc) is 2.73. The van der Waals surface area contributed by atoms with E-state index in [1.165, 1.54) is 23.5 Å². The SMILES string of the molecule is CC(C)(C)c1cc(F)c(F)cc1-c1cccs1. The highest BCUT2D eigenvalue weighted by Crippen LogP contribution is 2.36. The van der Waals surface area contributed by atoms with E-state index >= 15 is 0 Å². The first kappa shape index (κ1) is 12.2. The van der Waals surface area contributed by atoms with Gasteiger partial charge in [0.05, 0.1) is 0 Å². The summed E-state index contributed by atoms with van der Waals surface area (Å²) in [4.78, 5) is 0.967. The van der Waals surface area contributed by atoms with E-state index in [4.69, 9.17) is 0 Å². The van der Waals surface area contributed by atoms with Crippen LogP contribution >= 0.6 is 11.3 Å². The van der Waals surface area contributed by atoms with Crippen LogP contribution in [0.25, 0.3) is 10.4 Å². The summed E-state index contributed by atoms with van der Waals surface area (Å²) in [6.45, 7) is 5.99. The Morgan fingerprint density at radius 1 is 1.06 bits per heavy atom. The maximum Gasteiger partial charge on any atom is 0.159 e. The number of halogens is 2. The van der Waals surface area contributed by atoms with Crippen molar-refractivity contribution in [3.63, 3.8) is 0 Å². The van der Waals surface area contributed by atoms with Crippen LogP contribution < -0.4 is 0 Å². The van der Waals surface area contributed by atoms with Gasteiger partial charge in [-0.25, -0.2) is 8.78 Å². The lowest BCUT2D eigenvalue weighted by molar-refractivity contribution is 0.500. The van der Waals surface area contributed by atoms with Gasteiger partial charge in [0.1, 0.15) is 0 Å². The maximum absolute atomic E-state index is 13.4. The van der Waals surface area contributed by atoms with Gasteiger partial charge in [-0.2, -0.15) is 0 Å². The van der Waals surface area contributed by atoms with Gasteiger partial charge in [-0.1, -0.05) is 26.8 Å². The topological polar surface area (TPSA) is 0 Å². The molecule has 1 aromatic heterocycles. The van der Waals surface area contributed by atoms with E-state index in [0.29, 0.717) is 0 Å². The lowest BCUT2D eigenvalue weighted by atomic mass is 9.83. The highest BCUT2D eigenvalue weighted by Gasteiger charge is 2.21. The van der Waals surface area contributed by atoms with Gasteiger partial charge in [0, 0.05) is 4.88 Å². The molecule has 0 amide bonds. The molecule has 0 atom stereocenters. The molecular weight excluding hydrogens is 238 g/mol. The van der Waals surface area contributed by atoms with Crippen molar-refractivity contribution in [2.24, 2.45) is 0 Å². The zero-order valence-electron chi connectivity index (χ0n) is 10.1. The van der Waals surface area contributed by atoms with Gasteiger partial charge in [-0.3, -0.25) is 0 Å². The van der Waals surface area contributed by atoms with E-state index < -0.39 is 11.6 Å². The van der Waals surface area contributed by atoms with Crippen molar-refractivity contribution in [2.45, 2.75) is 26.2 Å². The molecule has 0 fully saturated rings. The van der Waals surface area contributed by atoms with E-state index in [9.17, 15) is 8.78 Å². The highest BCUT2D eigenvalue weighted by atomic mass is 32.1. The molecule has 1 heterocycles. The fraction of sp³-hybridized carbons (Fsp3) is 0.286. The molecule has 2 rings (SSSR count). The van der Waals surface area contributed by atoms with Crippen LogP contribution in [0.1, 0.15) is 26.3 Å². The molecule has 3 heteroatoms. The molecule has 90 valence electrons. The van der Waals surface area contributed by atoms with Gasteiger partial charge in [-0.15, -0.1) is 11.3 Å². The Labute approximate surface area is 104 Å². The third-order valence-corrected chi connectivity index (χ3v) is 3.56. The van der Waals surface area contributed by atoms with Crippen molar-refractivity contribution in [2.75, 3.05) is 0 Å². The Kier molecular flexibility index (Phi) is 3.04. The summed E-state index contributed by atoms with van der Waals surface area (Å²) in [7, 11) is 0. The van der Waals surface area contributed by atoms with Crippen LogP contribution in [-0.2, 0) is 5.41 Å². The van der Waals surface area contributed by atoms with Crippen molar-refractivity contribution >= 4 is 11.3 Å². The molecule has 17 heavy (non-hydrogen) atoms. The van der Waals surface area contributed by atoms with E-state index in [-0.39, 0.29) is 5.41 Å². The van der Waals surface area contributed by atoms with Crippen molar-refractivity contribution < 1.29 is 8.78 Å². The Balaban J connectivity index is 2.69. The van der Waals surface area contributed by atoms with E-state index in [1.807, 2.05) is 38.3 Å². The van der Waals surface area contributed by atoms with Crippen LogP contribution in [0.5, 0.6) is 0 Å². The van der Waals surface area contributed by atoms with E-state index in [2.05, 4.69) is 0 Å². The number of hydrogen-bond donors (Lipinski definition) is 0. The van der Waals surface area contributed by atoms with Gasteiger partial charge in [0.2, 0.25) is 0 Å². The van der Waals surface area contributed by atoms with E-state index in [1.54, 1.807) is 0 Å². The number of thiophene rings is 1. The summed E-state index contributed by atoms with van der Waals surface area (Å²) in [5.74, 6) is -1.57. The van der Waals surface area contributed by atoms with Crippen molar-refractivity contribution in [3.8, 4) is 10.4 Å².